The summed E-state index contributed by atoms with van der Waals surface area (Å²) < 4.78 is 12.0. The van der Waals surface area contributed by atoms with Crippen molar-refractivity contribution in [3.63, 3.8) is 0 Å². The van der Waals surface area contributed by atoms with Crippen LogP contribution >= 0.6 is 0 Å². The van der Waals surface area contributed by atoms with Gasteiger partial charge in [0.1, 0.15) is 5.82 Å². The second-order valence-electron chi connectivity index (χ2n) is 10.4. The monoisotopic (exact) mass is 486 g/mol. The standard InChI is InChI=1S/C27H30N6O3/c1-28-26(34)18-4-2-3-17(10-18)23-8-7-22-24(29-23)30-27(33-11-16-9-21(14-33)35-15-16)31-25(22)32-12-19-5-6-20(13-32)36-19/h2-4,7-8,10,16,19-21H,5-6,9,11-15H2,1H3,(H,28,34). The highest BCUT2D eigenvalue weighted by Gasteiger charge is 2.37. The molecule has 1 N–H and O–H groups in total. The average molecular weight is 487 g/mol. The van der Waals surface area contributed by atoms with Crippen LogP contribution in [0.2, 0.25) is 0 Å². The first-order valence-corrected chi connectivity index (χ1v) is 12.9. The number of benzene rings is 1. The van der Waals surface area contributed by atoms with Gasteiger partial charge in [-0.1, -0.05) is 12.1 Å². The van der Waals surface area contributed by atoms with Gasteiger partial charge in [0.15, 0.2) is 5.65 Å². The number of nitrogens with one attached hydrogen (secondary N) is 1. The molecule has 2 aromatic heterocycles. The fourth-order valence-corrected chi connectivity index (χ4v) is 6.11. The number of aromatic nitrogens is 3. The Hall–Kier alpha value is -3.30. The molecule has 36 heavy (non-hydrogen) atoms. The molecule has 0 spiro atoms. The molecule has 1 aromatic carbocycles. The Morgan fingerprint density at radius 2 is 1.81 bits per heavy atom. The Morgan fingerprint density at radius 1 is 0.972 bits per heavy atom. The molecule has 3 aromatic rings. The summed E-state index contributed by atoms with van der Waals surface area (Å²) in [6.07, 6.45) is 4.10. The van der Waals surface area contributed by atoms with Gasteiger partial charge in [0.2, 0.25) is 5.95 Å². The number of morpholine rings is 1. The van der Waals surface area contributed by atoms with Crippen LogP contribution in [0, 0.1) is 5.92 Å². The molecular formula is C27H30N6O3. The van der Waals surface area contributed by atoms with Gasteiger partial charge in [0.05, 0.1) is 36.0 Å². The highest BCUT2D eigenvalue weighted by atomic mass is 16.5. The molecule has 0 saturated carbocycles. The van der Waals surface area contributed by atoms with Gasteiger partial charge in [-0.05, 0) is 43.5 Å². The van der Waals surface area contributed by atoms with E-state index in [-0.39, 0.29) is 24.2 Å². The van der Waals surface area contributed by atoms with E-state index in [1.54, 1.807) is 13.1 Å². The van der Waals surface area contributed by atoms with Crippen molar-refractivity contribution in [3.05, 3.63) is 42.0 Å². The number of carbonyl (C=O) groups is 1. The molecule has 9 nitrogen and oxygen atoms in total. The van der Waals surface area contributed by atoms with Crippen molar-refractivity contribution in [3.8, 4) is 11.3 Å². The van der Waals surface area contributed by atoms with Crippen molar-refractivity contribution in [2.45, 2.75) is 37.6 Å². The van der Waals surface area contributed by atoms with E-state index in [0.717, 1.165) is 80.5 Å². The number of rotatable bonds is 4. The van der Waals surface area contributed by atoms with Gasteiger partial charge in [-0.3, -0.25) is 4.79 Å². The van der Waals surface area contributed by atoms with Crippen molar-refractivity contribution in [1.29, 1.82) is 0 Å². The Bertz CT molecular complexity index is 1310. The zero-order valence-corrected chi connectivity index (χ0v) is 20.4. The second-order valence-corrected chi connectivity index (χ2v) is 10.4. The molecule has 6 heterocycles. The van der Waals surface area contributed by atoms with E-state index in [2.05, 4.69) is 21.2 Å². The van der Waals surface area contributed by atoms with E-state index >= 15 is 0 Å². The number of pyridine rings is 1. The summed E-state index contributed by atoms with van der Waals surface area (Å²) in [5.41, 5.74) is 2.95. The Morgan fingerprint density at radius 3 is 2.61 bits per heavy atom. The summed E-state index contributed by atoms with van der Waals surface area (Å²) >= 11 is 0. The van der Waals surface area contributed by atoms with Crippen molar-refractivity contribution in [2.75, 3.05) is 49.6 Å². The molecule has 1 amide bonds. The minimum absolute atomic E-state index is 0.117. The molecule has 4 saturated heterocycles. The lowest BCUT2D eigenvalue weighted by Gasteiger charge is -2.35. The van der Waals surface area contributed by atoms with Crippen LogP contribution in [0.1, 0.15) is 29.6 Å². The molecule has 4 aliphatic rings. The van der Waals surface area contributed by atoms with Gasteiger partial charge in [0, 0.05) is 50.3 Å². The van der Waals surface area contributed by atoms with E-state index < -0.39 is 0 Å². The number of hydrogen-bond donors (Lipinski definition) is 1. The number of anilines is 2. The Labute approximate surface area is 209 Å². The van der Waals surface area contributed by atoms with Crippen LogP contribution in [-0.4, -0.2) is 79.0 Å². The lowest BCUT2D eigenvalue weighted by Crippen LogP contribution is -2.44. The van der Waals surface area contributed by atoms with Crippen LogP contribution in [0.3, 0.4) is 0 Å². The maximum absolute atomic E-state index is 12.2. The van der Waals surface area contributed by atoms with E-state index in [0.29, 0.717) is 17.1 Å². The number of carbonyl (C=O) groups excluding carboxylic acids is 1. The molecule has 4 unspecified atom stereocenters. The highest BCUT2D eigenvalue weighted by Crippen LogP contribution is 2.35. The molecule has 4 bridgehead atoms. The smallest absolute Gasteiger partial charge is 0.251 e. The molecule has 186 valence electrons. The van der Waals surface area contributed by atoms with E-state index in [9.17, 15) is 4.79 Å². The number of piperidine rings is 1. The summed E-state index contributed by atoms with van der Waals surface area (Å²) in [5, 5.41) is 3.64. The molecule has 9 heteroatoms. The third kappa shape index (κ3) is 3.87. The number of nitrogens with zero attached hydrogens (tertiary/aromatic N) is 5. The zero-order valence-electron chi connectivity index (χ0n) is 20.4. The van der Waals surface area contributed by atoms with Gasteiger partial charge in [-0.2, -0.15) is 9.97 Å². The third-order valence-corrected chi connectivity index (χ3v) is 7.87. The fourth-order valence-electron chi connectivity index (χ4n) is 6.11. The molecule has 7 rings (SSSR count). The lowest BCUT2D eigenvalue weighted by atomic mass is 10.0. The van der Waals surface area contributed by atoms with Gasteiger partial charge in [0.25, 0.3) is 5.91 Å². The van der Waals surface area contributed by atoms with Gasteiger partial charge >= 0.3 is 0 Å². The molecule has 4 atom stereocenters. The summed E-state index contributed by atoms with van der Waals surface area (Å²) in [6.45, 7) is 4.21. The average Bonchev–Trinajstić information content (AvgIpc) is 3.45. The van der Waals surface area contributed by atoms with E-state index in [1.807, 2.05) is 24.3 Å². The number of fused-ring (bicyclic) bond motifs is 5. The van der Waals surface area contributed by atoms with Gasteiger partial charge in [-0.15, -0.1) is 0 Å². The SMILES string of the molecule is CNC(=O)c1cccc(-c2ccc3c(N4CC5CCC(C4)O5)nc(N4CC5COC(C5)C4)nc3n2)c1. The predicted octanol–water partition coefficient (Wildman–Crippen LogP) is 2.64. The summed E-state index contributed by atoms with van der Waals surface area (Å²) in [4.78, 5) is 31.9. The number of amides is 1. The van der Waals surface area contributed by atoms with Crippen LogP contribution in [0.25, 0.3) is 22.3 Å². The first-order valence-electron chi connectivity index (χ1n) is 12.9. The topological polar surface area (TPSA) is 92.7 Å². The first-order chi connectivity index (χ1) is 17.6. The molecular weight excluding hydrogens is 456 g/mol. The molecule has 4 aliphatic heterocycles. The van der Waals surface area contributed by atoms with Gasteiger partial charge in [-0.25, -0.2) is 4.98 Å². The predicted molar refractivity (Wildman–Crippen MR) is 136 cm³/mol. The first kappa shape index (κ1) is 21.9. The largest absolute Gasteiger partial charge is 0.376 e. The second kappa shape index (κ2) is 8.67. The highest BCUT2D eigenvalue weighted by molar-refractivity contribution is 5.95. The minimum atomic E-state index is -0.117. The van der Waals surface area contributed by atoms with Crippen LogP contribution in [0.15, 0.2) is 36.4 Å². The lowest BCUT2D eigenvalue weighted by molar-refractivity contribution is 0.0303. The van der Waals surface area contributed by atoms with Crippen molar-refractivity contribution in [2.24, 2.45) is 5.92 Å². The Balaban J connectivity index is 1.32. The molecule has 4 fully saturated rings. The van der Waals surface area contributed by atoms with Crippen molar-refractivity contribution in [1.82, 2.24) is 20.3 Å². The van der Waals surface area contributed by atoms with Crippen LogP contribution in [-0.2, 0) is 9.47 Å². The number of hydrogen-bond acceptors (Lipinski definition) is 8. The Kier molecular flexibility index (Phi) is 5.28. The van der Waals surface area contributed by atoms with Crippen LogP contribution < -0.4 is 15.1 Å². The quantitative estimate of drug-likeness (QED) is 0.602. The van der Waals surface area contributed by atoms with Crippen molar-refractivity contribution >= 4 is 28.7 Å². The van der Waals surface area contributed by atoms with Crippen LogP contribution in [0.5, 0.6) is 0 Å². The third-order valence-electron chi connectivity index (χ3n) is 7.87. The normalized spacial score (nSPS) is 27.0. The fraction of sp³-hybridized carbons (Fsp3) is 0.481. The van der Waals surface area contributed by atoms with Crippen molar-refractivity contribution < 1.29 is 14.3 Å². The molecule has 0 radical (unpaired) electrons. The maximum atomic E-state index is 12.2. The van der Waals surface area contributed by atoms with E-state index in [4.69, 9.17) is 24.4 Å². The maximum Gasteiger partial charge on any atom is 0.251 e. The molecule has 0 aliphatic carbocycles. The number of ether oxygens (including phenoxy) is 2. The summed E-state index contributed by atoms with van der Waals surface area (Å²) in [6, 6.07) is 11.6. The summed E-state index contributed by atoms with van der Waals surface area (Å²) in [5.74, 6) is 2.07. The van der Waals surface area contributed by atoms with Crippen LogP contribution in [0.4, 0.5) is 11.8 Å². The minimum Gasteiger partial charge on any atom is -0.376 e. The zero-order chi connectivity index (χ0) is 24.2. The van der Waals surface area contributed by atoms with Gasteiger partial charge < -0.3 is 24.6 Å². The van der Waals surface area contributed by atoms with E-state index in [1.165, 1.54) is 0 Å². The summed E-state index contributed by atoms with van der Waals surface area (Å²) in [7, 11) is 1.64.